The minimum Gasteiger partial charge on any atom is -0.350 e. The van der Waals surface area contributed by atoms with Crippen molar-refractivity contribution in [2.24, 2.45) is 0 Å². The lowest BCUT2D eigenvalue weighted by Gasteiger charge is -2.25. The van der Waals surface area contributed by atoms with Crippen LogP contribution < -0.4 is 5.32 Å². The Labute approximate surface area is 162 Å². The average molecular weight is 384 g/mol. The van der Waals surface area contributed by atoms with Crippen LogP contribution in [-0.2, 0) is 0 Å². The number of rotatable bonds is 6. The number of halogens is 2. The first-order valence-electron chi connectivity index (χ1n) is 8.87. The summed E-state index contributed by atoms with van der Waals surface area (Å²) in [4.78, 5) is 14.6. The van der Waals surface area contributed by atoms with E-state index < -0.39 is 0 Å². The molecule has 28 heavy (non-hydrogen) atoms. The fraction of sp³-hybridized carbons (Fsp3) is 0.238. The number of likely N-dealkylation sites (N-methyl/N-ethyl adjacent to an activating group) is 1. The van der Waals surface area contributed by atoms with E-state index in [-0.39, 0.29) is 23.6 Å². The Morgan fingerprint density at radius 2 is 1.86 bits per heavy atom. The number of hydrogen-bond donors (Lipinski definition) is 1. The quantitative estimate of drug-likeness (QED) is 0.708. The molecule has 0 saturated carbocycles. The molecule has 0 radical (unpaired) electrons. The molecular weight excluding hydrogens is 362 g/mol. The van der Waals surface area contributed by atoms with Crippen LogP contribution in [0, 0.1) is 18.6 Å². The smallest absolute Gasteiger partial charge is 0.254 e. The monoisotopic (exact) mass is 384 g/mol. The fourth-order valence-corrected chi connectivity index (χ4v) is 3.07. The van der Waals surface area contributed by atoms with Crippen molar-refractivity contribution in [1.82, 2.24) is 20.0 Å². The van der Waals surface area contributed by atoms with Gasteiger partial charge in [-0.2, -0.15) is 5.10 Å². The summed E-state index contributed by atoms with van der Waals surface area (Å²) in [7, 11) is 3.75. The first kappa shape index (κ1) is 19.7. The Kier molecular flexibility index (Phi) is 5.84. The SMILES string of the molecule is Cc1c(C(=O)NCC(c2cccc(F)c2)N(C)C)cnn1-c1ccc(F)cc1. The molecule has 0 spiro atoms. The minimum absolute atomic E-state index is 0.174. The van der Waals surface area contributed by atoms with Crippen LogP contribution in [0.25, 0.3) is 5.69 Å². The standard InChI is InChI=1S/C21H22F2N4O/c1-14-19(12-25-27(14)18-9-7-16(22)8-10-18)21(28)24-13-20(26(2)3)15-5-4-6-17(23)11-15/h4-12,20H,13H2,1-3H3,(H,24,28). The largest absolute Gasteiger partial charge is 0.350 e. The average Bonchev–Trinajstić information content (AvgIpc) is 3.04. The zero-order valence-corrected chi connectivity index (χ0v) is 16.0. The molecule has 1 heterocycles. The highest BCUT2D eigenvalue weighted by Crippen LogP contribution is 2.19. The zero-order valence-electron chi connectivity index (χ0n) is 16.0. The fourth-order valence-electron chi connectivity index (χ4n) is 3.07. The van der Waals surface area contributed by atoms with E-state index in [1.807, 2.05) is 25.1 Å². The van der Waals surface area contributed by atoms with Crippen molar-refractivity contribution in [3.63, 3.8) is 0 Å². The lowest BCUT2D eigenvalue weighted by molar-refractivity contribution is 0.0941. The van der Waals surface area contributed by atoms with Crippen LogP contribution in [0.1, 0.15) is 27.7 Å². The van der Waals surface area contributed by atoms with Gasteiger partial charge >= 0.3 is 0 Å². The van der Waals surface area contributed by atoms with Gasteiger partial charge in [-0.1, -0.05) is 12.1 Å². The Balaban J connectivity index is 1.75. The highest BCUT2D eigenvalue weighted by Gasteiger charge is 2.19. The van der Waals surface area contributed by atoms with Crippen LogP contribution in [0.3, 0.4) is 0 Å². The van der Waals surface area contributed by atoms with E-state index in [2.05, 4.69) is 10.4 Å². The molecule has 7 heteroatoms. The van der Waals surface area contributed by atoms with Gasteiger partial charge in [0, 0.05) is 6.54 Å². The first-order chi connectivity index (χ1) is 13.4. The van der Waals surface area contributed by atoms with Gasteiger partial charge in [-0.25, -0.2) is 13.5 Å². The van der Waals surface area contributed by atoms with E-state index in [1.54, 1.807) is 29.8 Å². The maximum atomic E-state index is 13.6. The third-order valence-electron chi connectivity index (χ3n) is 4.64. The van der Waals surface area contributed by atoms with E-state index in [9.17, 15) is 13.6 Å². The van der Waals surface area contributed by atoms with Crippen LogP contribution in [0.4, 0.5) is 8.78 Å². The molecule has 1 amide bonds. The van der Waals surface area contributed by atoms with Crippen molar-refractivity contribution >= 4 is 5.91 Å². The molecule has 0 aliphatic carbocycles. The number of carbonyl (C=O) groups is 1. The maximum absolute atomic E-state index is 13.6. The molecule has 0 saturated heterocycles. The number of hydrogen-bond acceptors (Lipinski definition) is 3. The summed E-state index contributed by atoms with van der Waals surface area (Å²) in [5.74, 6) is -0.917. The molecule has 5 nitrogen and oxygen atoms in total. The normalized spacial score (nSPS) is 12.2. The number of nitrogens with zero attached hydrogens (tertiary/aromatic N) is 3. The molecule has 3 rings (SSSR count). The number of amides is 1. The second kappa shape index (κ2) is 8.31. The molecule has 3 aromatic rings. The van der Waals surface area contributed by atoms with Crippen molar-refractivity contribution in [2.75, 3.05) is 20.6 Å². The molecule has 1 N–H and O–H groups in total. The molecular formula is C21H22F2N4O. The first-order valence-corrected chi connectivity index (χ1v) is 8.87. The topological polar surface area (TPSA) is 50.2 Å². The van der Waals surface area contributed by atoms with Crippen LogP contribution in [0.15, 0.2) is 54.7 Å². The molecule has 0 fully saturated rings. The molecule has 1 unspecified atom stereocenters. The molecule has 0 aliphatic rings. The van der Waals surface area contributed by atoms with Crippen LogP contribution in [-0.4, -0.2) is 41.2 Å². The van der Waals surface area contributed by atoms with Crippen molar-refractivity contribution in [3.8, 4) is 5.69 Å². The van der Waals surface area contributed by atoms with E-state index in [0.29, 0.717) is 23.5 Å². The number of aromatic nitrogens is 2. The Hall–Kier alpha value is -3.06. The van der Waals surface area contributed by atoms with E-state index in [4.69, 9.17) is 0 Å². The summed E-state index contributed by atoms with van der Waals surface area (Å²) in [5, 5.41) is 7.14. The number of carbonyl (C=O) groups excluding carboxylic acids is 1. The summed E-state index contributed by atoms with van der Waals surface area (Å²) < 4.78 is 28.3. The molecule has 146 valence electrons. The van der Waals surface area contributed by atoms with Gasteiger partial charge in [0.05, 0.1) is 29.2 Å². The second-order valence-electron chi connectivity index (χ2n) is 6.78. The number of nitrogens with one attached hydrogen (secondary N) is 1. The summed E-state index contributed by atoms with van der Waals surface area (Å²) in [5.41, 5.74) is 2.53. The maximum Gasteiger partial charge on any atom is 0.254 e. The Morgan fingerprint density at radius 1 is 1.14 bits per heavy atom. The summed E-state index contributed by atoms with van der Waals surface area (Å²) in [6, 6.07) is 12.1. The van der Waals surface area contributed by atoms with Gasteiger partial charge in [-0.05, 0) is 63.0 Å². The summed E-state index contributed by atoms with van der Waals surface area (Å²) >= 11 is 0. The zero-order chi connectivity index (χ0) is 20.3. The molecule has 1 atom stereocenters. The summed E-state index contributed by atoms with van der Waals surface area (Å²) in [6.07, 6.45) is 1.49. The lowest BCUT2D eigenvalue weighted by atomic mass is 10.1. The predicted octanol–water partition coefficient (Wildman–Crippen LogP) is 3.49. The highest BCUT2D eigenvalue weighted by molar-refractivity contribution is 5.95. The third-order valence-corrected chi connectivity index (χ3v) is 4.64. The van der Waals surface area contributed by atoms with Gasteiger partial charge in [0.1, 0.15) is 11.6 Å². The Bertz CT molecular complexity index is 967. The second-order valence-corrected chi connectivity index (χ2v) is 6.78. The lowest BCUT2D eigenvalue weighted by Crippen LogP contribution is -2.34. The van der Waals surface area contributed by atoms with Crippen molar-refractivity contribution in [3.05, 3.63) is 83.2 Å². The van der Waals surface area contributed by atoms with Crippen molar-refractivity contribution in [1.29, 1.82) is 0 Å². The third kappa shape index (κ3) is 4.26. The van der Waals surface area contributed by atoms with Gasteiger partial charge < -0.3 is 10.2 Å². The van der Waals surface area contributed by atoms with Gasteiger partial charge in [0.2, 0.25) is 0 Å². The predicted molar refractivity (Wildman–Crippen MR) is 103 cm³/mol. The molecule has 0 bridgehead atoms. The highest BCUT2D eigenvalue weighted by atomic mass is 19.1. The van der Waals surface area contributed by atoms with Gasteiger partial charge in [0.15, 0.2) is 0 Å². The van der Waals surface area contributed by atoms with Crippen molar-refractivity contribution in [2.45, 2.75) is 13.0 Å². The molecule has 1 aromatic heterocycles. The van der Waals surface area contributed by atoms with Crippen LogP contribution in [0.5, 0.6) is 0 Å². The minimum atomic E-state index is -0.335. The molecule has 0 aliphatic heterocycles. The van der Waals surface area contributed by atoms with E-state index in [0.717, 1.165) is 5.56 Å². The van der Waals surface area contributed by atoms with Gasteiger partial charge in [-0.3, -0.25) is 4.79 Å². The summed E-state index contributed by atoms with van der Waals surface area (Å²) in [6.45, 7) is 2.09. The Morgan fingerprint density at radius 3 is 2.50 bits per heavy atom. The van der Waals surface area contributed by atoms with Gasteiger partial charge in [-0.15, -0.1) is 0 Å². The van der Waals surface area contributed by atoms with Crippen LogP contribution >= 0.6 is 0 Å². The van der Waals surface area contributed by atoms with E-state index in [1.165, 1.54) is 30.5 Å². The van der Waals surface area contributed by atoms with Gasteiger partial charge in [0.25, 0.3) is 5.91 Å². The van der Waals surface area contributed by atoms with Crippen LogP contribution in [0.2, 0.25) is 0 Å². The van der Waals surface area contributed by atoms with E-state index >= 15 is 0 Å². The number of benzene rings is 2. The van der Waals surface area contributed by atoms with Crippen molar-refractivity contribution < 1.29 is 13.6 Å². The molecule has 2 aromatic carbocycles.